The number of fused-ring (bicyclic) bond motifs is 2. The average Bonchev–Trinajstić information content (AvgIpc) is 2.73. The number of aromatic nitrogens is 1. The lowest BCUT2D eigenvalue weighted by atomic mass is 9.78. The van der Waals surface area contributed by atoms with E-state index in [1.807, 2.05) is 6.07 Å². The van der Waals surface area contributed by atoms with E-state index >= 15 is 0 Å². The van der Waals surface area contributed by atoms with Crippen LogP contribution in [0.4, 0.5) is 0 Å². The third-order valence-corrected chi connectivity index (χ3v) is 6.25. The van der Waals surface area contributed by atoms with E-state index in [4.69, 9.17) is 10.7 Å². The van der Waals surface area contributed by atoms with E-state index in [0.717, 1.165) is 57.1 Å². The van der Waals surface area contributed by atoms with E-state index < -0.39 is 0 Å². The van der Waals surface area contributed by atoms with E-state index in [1.54, 1.807) is 0 Å². The lowest BCUT2D eigenvalue weighted by Gasteiger charge is -2.29. The molecule has 4 rings (SSSR count). The summed E-state index contributed by atoms with van der Waals surface area (Å²) in [5.74, 6) is 0.0937. The fraction of sp³-hybridized carbons (Fsp3) is 0.440. The largest absolute Gasteiger partial charge is 0.330 e. The van der Waals surface area contributed by atoms with Gasteiger partial charge in [-0.05, 0) is 78.8 Å². The minimum absolute atomic E-state index is 0.0674. The molecular weight excluding hydrogens is 344 g/mol. The lowest BCUT2D eigenvalue weighted by Crippen LogP contribution is -2.32. The number of ketones is 1. The first-order chi connectivity index (χ1) is 13.7. The zero-order valence-electron chi connectivity index (χ0n) is 16.8. The highest BCUT2D eigenvalue weighted by Crippen LogP contribution is 2.38. The molecule has 0 amide bonds. The van der Waals surface area contributed by atoms with Crippen LogP contribution in [0.15, 0.2) is 30.3 Å². The van der Waals surface area contributed by atoms with Gasteiger partial charge in [0.15, 0.2) is 5.78 Å². The fourth-order valence-electron chi connectivity index (χ4n) is 4.71. The summed E-state index contributed by atoms with van der Waals surface area (Å²) in [7, 11) is 0. The number of hydrogen-bond donors (Lipinski definition) is 1. The molecule has 0 radical (unpaired) electrons. The van der Waals surface area contributed by atoms with Crippen molar-refractivity contribution in [3.05, 3.63) is 64.0 Å². The number of allylic oxidation sites excluding steroid dienone is 1. The van der Waals surface area contributed by atoms with Crippen molar-refractivity contribution in [3.63, 3.8) is 0 Å². The Hall–Kier alpha value is -2.26. The number of unbranched alkanes of at least 4 members (excludes halogenated alkanes) is 1. The smallest absolute Gasteiger partial charge is 0.185 e. The van der Waals surface area contributed by atoms with Gasteiger partial charge in [0.25, 0.3) is 0 Å². The highest BCUT2D eigenvalue weighted by atomic mass is 16.1. The molecule has 146 valence electrons. The molecule has 1 aromatic carbocycles. The highest BCUT2D eigenvalue weighted by Gasteiger charge is 2.32. The molecule has 28 heavy (non-hydrogen) atoms. The van der Waals surface area contributed by atoms with Crippen LogP contribution >= 0.6 is 0 Å². The SMILES string of the molecule is CCCCc1c2c(nc3c1CCC/C3=C\c1ccccc1)C(=O)C(CN)CC2. The Labute approximate surface area is 168 Å². The Morgan fingerprint density at radius 3 is 2.64 bits per heavy atom. The van der Waals surface area contributed by atoms with Crippen molar-refractivity contribution in [1.82, 2.24) is 4.98 Å². The summed E-state index contributed by atoms with van der Waals surface area (Å²) in [6.07, 6.45) is 10.7. The Bertz CT molecular complexity index is 899. The van der Waals surface area contributed by atoms with Crippen LogP contribution in [0, 0.1) is 5.92 Å². The highest BCUT2D eigenvalue weighted by molar-refractivity contribution is 6.00. The van der Waals surface area contributed by atoms with E-state index in [-0.39, 0.29) is 11.7 Å². The minimum Gasteiger partial charge on any atom is -0.330 e. The van der Waals surface area contributed by atoms with Crippen LogP contribution in [0.3, 0.4) is 0 Å². The molecule has 2 N–H and O–H groups in total. The molecule has 1 unspecified atom stereocenters. The maximum atomic E-state index is 13.1. The molecule has 0 saturated heterocycles. The van der Waals surface area contributed by atoms with Gasteiger partial charge in [0.05, 0.1) is 5.69 Å². The van der Waals surface area contributed by atoms with Gasteiger partial charge in [0.1, 0.15) is 5.69 Å². The molecule has 0 spiro atoms. The van der Waals surface area contributed by atoms with Crippen LogP contribution in [-0.2, 0) is 19.3 Å². The predicted molar refractivity (Wildman–Crippen MR) is 115 cm³/mol. The van der Waals surface area contributed by atoms with Gasteiger partial charge >= 0.3 is 0 Å². The third-order valence-electron chi connectivity index (χ3n) is 6.25. The molecule has 1 heterocycles. The second kappa shape index (κ2) is 8.40. The molecule has 0 saturated carbocycles. The third kappa shape index (κ3) is 3.56. The zero-order valence-corrected chi connectivity index (χ0v) is 16.8. The maximum absolute atomic E-state index is 13.1. The number of benzene rings is 1. The van der Waals surface area contributed by atoms with Gasteiger partial charge in [0, 0.05) is 12.5 Å². The van der Waals surface area contributed by atoms with Crippen LogP contribution in [0.2, 0.25) is 0 Å². The van der Waals surface area contributed by atoms with Crippen molar-refractivity contribution in [2.75, 3.05) is 6.54 Å². The topological polar surface area (TPSA) is 56.0 Å². The summed E-state index contributed by atoms with van der Waals surface area (Å²) < 4.78 is 0. The van der Waals surface area contributed by atoms with E-state index in [9.17, 15) is 4.79 Å². The van der Waals surface area contributed by atoms with E-state index in [1.165, 1.54) is 27.8 Å². The number of rotatable bonds is 5. The van der Waals surface area contributed by atoms with Crippen LogP contribution < -0.4 is 5.73 Å². The van der Waals surface area contributed by atoms with E-state index in [2.05, 4.69) is 37.3 Å². The molecule has 0 aliphatic heterocycles. The number of Topliss-reactive ketones (excluding diaryl/α,β-unsaturated/α-hetero) is 1. The van der Waals surface area contributed by atoms with E-state index in [0.29, 0.717) is 12.2 Å². The van der Waals surface area contributed by atoms with Crippen molar-refractivity contribution >= 4 is 17.4 Å². The Morgan fingerprint density at radius 2 is 1.89 bits per heavy atom. The van der Waals surface area contributed by atoms with Crippen molar-refractivity contribution in [1.29, 1.82) is 0 Å². The van der Waals surface area contributed by atoms with Crippen molar-refractivity contribution in [3.8, 4) is 0 Å². The predicted octanol–water partition coefficient (Wildman–Crippen LogP) is 5.00. The molecule has 2 aliphatic carbocycles. The van der Waals surface area contributed by atoms with Crippen LogP contribution in [0.1, 0.15) is 77.5 Å². The molecule has 0 fully saturated rings. The van der Waals surface area contributed by atoms with Crippen molar-refractivity contribution < 1.29 is 4.79 Å². The Morgan fingerprint density at radius 1 is 1.11 bits per heavy atom. The zero-order chi connectivity index (χ0) is 19.5. The lowest BCUT2D eigenvalue weighted by molar-refractivity contribution is 0.0901. The summed E-state index contributed by atoms with van der Waals surface area (Å²) in [5, 5.41) is 0. The maximum Gasteiger partial charge on any atom is 0.185 e. The average molecular weight is 375 g/mol. The molecule has 2 aromatic rings. The normalized spacial score (nSPS) is 20.1. The fourth-order valence-corrected chi connectivity index (χ4v) is 4.71. The molecule has 1 atom stereocenters. The first-order valence-electron chi connectivity index (χ1n) is 10.8. The molecule has 2 aliphatic rings. The summed E-state index contributed by atoms with van der Waals surface area (Å²) in [6, 6.07) is 10.4. The standard InChI is InChI=1S/C25H30N2O/c1-2-3-11-20-21-12-7-10-18(15-17-8-5-4-6-9-17)23(21)27-24-22(20)14-13-19(16-26)25(24)28/h4-6,8-9,15,19H,2-3,7,10-14,16,26H2,1H3/b18-15+. The number of carbonyl (C=O) groups excluding carboxylic acids is 1. The van der Waals surface area contributed by atoms with Gasteiger partial charge in [-0.1, -0.05) is 43.7 Å². The minimum atomic E-state index is -0.0674. The van der Waals surface area contributed by atoms with Crippen molar-refractivity contribution in [2.45, 2.75) is 58.3 Å². The van der Waals surface area contributed by atoms with Crippen LogP contribution in [-0.4, -0.2) is 17.3 Å². The summed E-state index contributed by atoms with van der Waals surface area (Å²) in [6.45, 7) is 2.66. The monoisotopic (exact) mass is 374 g/mol. The van der Waals surface area contributed by atoms with Gasteiger partial charge in [-0.25, -0.2) is 4.98 Å². The molecule has 1 aromatic heterocycles. The molecule has 0 bridgehead atoms. The van der Waals surface area contributed by atoms with Crippen LogP contribution in [0.25, 0.3) is 11.6 Å². The molecule has 3 nitrogen and oxygen atoms in total. The van der Waals surface area contributed by atoms with Gasteiger partial charge in [0.2, 0.25) is 0 Å². The Balaban J connectivity index is 1.87. The Kier molecular flexibility index (Phi) is 5.72. The second-order valence-corrected chi connectivity index (χ2v) is 8.12. The molecular formula is C25H30N2O. The van der Waals surface area contributed by atoms with Gasteiger partial charge in [-0.3, -0.25) is 4.79 Å². The van der Waals surface area contributed by atoms with Crippen LogP contribution in [0.5, 0.6) is 0 Å². The summed E-state index contributed by atoms with van der Waals surface area (Å²) in [5.41, 5.74) is 14.2. The second-order valence-electron chi connectivity index (χ2n) is 8.12. The number of nitrogens with two attached hydrogens (primary N) is 1. The summed E-state index contributed by atoms with van der Waals surface area (Å²) >= 11 is 0. The first kappa shape index (κ1) is 19.1. The number of hydrogen-bond acceptors (Lipinski definition) is 3. The molecule has 3 heteroatoms. The summed E-state index contributed by atoms with van der Waals surface area (Å²) in [4.78, 5) is 18.1. The van der Waals surface area contributed by atoms with Gasteiger partial charge < -0.3 is 5.73 Å². The van der Waals surface area contributed by atoms with Gasteiger partial charge in [-0.15, -0.1) is 0 Å². The quantitative estimate of drug-likeness (QED) is 0.801. The van der Waals surface area contributed by atoms with Gasteiger partial charge in [-0.2, -0.15) is 0 Å². The van der Waals surface area contributed by atoms with Crippen molar-refractivity contribution in [2.24, 2.45) is 11.7 Å². The number of carbonyl (C=O) groups is 1. The number of nitrogens with zero attached hydrogens (tertiary/aromatic N) is 1. The number of pyridine rings is 1. The first-order valence-corrected chi connectivity index (χ1v) is 10.8.